The molecule has 0 saturated heterocycles. The standard InChI is InChI=1S/C38H36O9S2/c1-3-48-38(49-4-2)33(47-37(43)29-23-15-8-16-24-29)32(46-36(42)28-21-13-7-14-22-28)31(45-35(41)27-19-11-6-12-20-27)30(39)25-44-34(40)26-17-9-5-10-18-26/h5-24,31-33,38H,3-4,25H2,1-2H3/t31-,32+,33-/m1/s1. The third kappa shape index (κ3) is 10.8. The van der Waals surface area contributed by atoms with E-state index >= 15 is 0 Å². The number of carbonyl (C=O) groups excluding carboxylic acids is 5. The molecule has 49 heavy (non-hydrogen) atoms. The number of benzene rings is 4. The van der Waals surface area contributed by atoms with Crippen molar-refractivity contribution >= 4 is 53.2 Å². The van der Waals surface area contributed by atoms with E-state index in [1.807, 2.05) is 13.8 Å². The van der Waals surface area contributed by atoms with E-state index in [1.54, 1.807) is 84.9 Å². The Kier molecular flexibility index (Phi) is 14.5. The summed E-state index contributed by atoms with van der Waals surface area (Å²) in [6.07, 6.45) is -4.81. The summed E-state index contributed by atoms with van der Waals surface area (Å²) < 4.78 is 22.8. The number of ether oxygens (including phenoxy) is 4. The van der Waals surface area contributed by atoms with Crippen LogP contribution in [0.3, 0.4) is 0 Å². The quantitative estimate of drug-likeness (QED) is 0.0648. The van der Waals surface area contributed by atoms with Crippen LogP contribution >= 0.6 is 23.5 Å². The van der Waals surface area contributed by atoms with E-state index in [2.05, 4.69) is 0 Å². The van der Waals surface area contributed by atoms with Crippen molar-refractivity contribution in [1.82, 2.24) is 0 Å². The minimum Gasteiger partial charge on any atom is -0.454 e. The first-order chi connectivity index (χ1) is 23.8. The Bertz CT molecular complexity index is 1660. The molecule has 0 bridgehead atoms. The van der Waals surface area contributed by atoms with Gasteiger partial charge in [-0.15, -0.1) is 23.5 Å². The van der Waals surface area contributed by atoms with Crippen molar-refractivity contribution in [2.75, 3.05) is 18.1 Å². The van der Waals surface area contributed by atoms with Gasteiger partial charge in [0.25, 0.3) is 0 Å². The Morgan fingerprint density at radius 2 is 0.837 bits per heavy atom. The molecule has 0 spiro atoms. The van der Waals surface area contributed by atoms with Crippen LogP contribution < -0.4 is 0 Å². The van der Waals surface area contributed by atoms with Crippen LogP contribution in [0.5, 0.6) is 0 Å². The summed E-state index contributed by atoms with van der Waals surface area (Å²) in [5, 5.41) is 0. The zero-order valence-corrected chi connectivity index (χ0v) is 28.6. The summed E-state index contributed by atoms with van der Waals surface area (Å²) in [6.45, 7) is 3.00. The van der Waals surface area contributed by atoms with Crippen LogP contribution in [0, 0.1) is 0 Å². The molecule has 0 heterocycles. The average Bonchev–Trinajstić information content (AvgIpc) is 3.15. The topological polar surface area (TPSA) is 122 Å². The molecule has 0 unspecified atom stereocenters. The lowest BCUT2D eigenvalue weighted by atomic mass is 10.0. The summed E-state index contributed by atoms with van der Waals surface area (Å²) in [4.78, 5) is 67.7. The first-order valence-electron chi connectivity index (χ1n) is 15.6. The Morgan fingerprint density at radius 3 is 1.22 bits per heavy atom. The van der Waals surface area contributed by atoms with Crippen LogP contribution in [-0.2, 0) is 23.7 Å². The van der Waals surface area contributed by atoms with Gasteiger partial charge in [0.1, 0.15) is 0 Å². The SMILES string of the molecule is CCSC(SCC)[C@H](OC(=O)c1ccccc1)[C@@H](OC(=O)c1ccccc1)[C@H](OC(=O)c1ccccc1)C(=O)COC(=O)c1ccccc1. The lowest BCUT2D eigenvalue weighted by molar-refractivity contribution is -0.143. The molecule has 0 amide bonds. The second-order valence-electron chi connectivity index (χ2n) is 10.4. The largest absolute Gasteiger partial charge is 0.454 e. The fraction of sp³-hybridized carbons (Fsp3) is 0.237. The molecular formula is C38H36O9S2. The van der Waals surface area contributed by atoms with E-state index in [0.717, 1.165) is 0 Å². The van der Waals surface area contributed by atoms with Crippen molar-refractivity contribution in [3.63, 3.8) is 0 Å². The number of hydrogen-bond acceptors (Lipinski definition) is 11. The Labute approximate surface area is 293 Å². The molecule has 11 heteroatoms. The molecule has 3 atom stereocenters. The zero-order chi connectivity index (χ0) is 35.0. The third-order valence-corrected chi connectivity index (χ3v) is 9.65. The maximum atomic E-state index is 14.1. The summed E-state index contributed by atoms with van der Waals surface area (Å²) in [5.74, 6) is -3.00. The van der Waals surface area contributed by atoms with Gasteiger partial charge in [-0.3, -0.25) is 4.79 Å². The first kappa shape index (κ1) is 37.0. The predicted octanol–water partition coefficient (Wildman–Crippen LogP) is 6.92. The van der Waals surface area contributed by atoms with E-state index in [0.29, 0.717) is 11.5 Å². The highest BCUT2D eigenvalue weighted by molar-refractivity contribution is 8.17. The number of esters is 4. The van der Waals surface area contributed by atoms with Crippen molar-refractivity contribution < 1.29 is 42.9 Å². The van der Waals surface area contributed by atoms with E-state index in [9.17, 15) is 24.0 Å². The molecule has 4 aromatic rings. The molecule has 0 aliphatic carbocycles. The Balaban J connectivity index is 1.80. The van der Waals surface area contributed by atoms with Crippen molar-refractivity contribution in [1.29, 1.82) is 0 Å². The van der Waals surface area contributed by atoms with E-state index in [4.69, 9.17) is 18.9 Å². The summed E-state index contributed by atoms with van der Waals surface area (Å²) >= 11 is 2.83. The zero-order valence-electron chi connectivity index (χ0n) is 27.0. The fourth-order valence-electron chi connectivity index (χ4n) is 4.63. The number of thioether (sulfide) groups is 2. The van der Waals surface area contributed by atoms with Crippen molar-refractivity contribution in [3.8, 4) is 0 Å². The molecule has 9 nitrogen and oxygen atoms in total. The van der Waals surface area contributed by atoms with Gasteiger partial charge in [-0.1, -0.05) is 86.6 Å². The van der Waals surface area contributed by atoms with Crippen LogP contribution in [0.2, 0.25) is 0 Å². The first-order valence-corrected chi connectivity index (χ1v) is 17.7. The minimum absolute atomic E-state index is 0.120. The molecule has 0 fully saturated rings. The molecule has 254 valence electrons. The number of Topliss-reactive ketones (excluding diaryl/α,β-unsaturated/α-hetero) is 1. The highest BCUT2D eigenvalue weighted by Gasteiger charge is 2.46. The van der Waals surface area contributed by atoms with Gasteiger partial charge in [-0.05, 0) is 60.0 Å². The van der Waals surface area contributed by atoms with Gasteiger partial charge in [0.2, 0.25) is 11.9 Å². The van der Waals surface area contributed by atoms with Crippen LogP contribution in [0.1, 0.15) is 55.3 Å². The van der Waals surface area contributed by atoms with E-state index in [1.165, 1.54) is 59.9 Å². The number of ketones is 1. The molecule has 4 aromatic carbocycles. The lowest BCUT2D eigenvalue weighted by Gasteiger charge is -2.35. The Hall–Kier alpha value is -4.87. The van der Waals surface area contributed by atoms with Gasteiger partial charge in [0, 0.05) is 0 Å². The van der Waals surface area contributed by atoms with Crippen molar-refractivity contribution in [2.24, 2.45) is 0 Å². The average molecular weight is 701 g/mol. The minimum atomic E-state index is -1.85. The number of hydrogen-bond donors (Lipinski definition) is 0. The molecule has 0 saturated carbocycles. The van der Waals surface area contributed by atoms with Gasteiger partial charge in [0.05, 0.1) is 26.8 Å². The molecule has 4 rings (SSSR count). The van der Waals surface area contributed by atoms with Gasteiger partial charge in [-0.2, -0.15) is 0 Å². The molecule has 0 N–H and O–H groups in total. The second kappa shape index (κ2) is 19.2. The number of rotatable bonds is 17. The van der Waals surface area contributed by atoms with Gasteiger partial charge in [0.15, 0.2) is 18.8 Å². The normalized spacial score (nSPS) is 12.6. The molecule has 0 aliphatic rings. The highest BCUT2D eigenvalue weighted by Crippen LogP contribution is 2.34. The molecular weight excluding hydrogens is 665 g/mol. The maximum absolute atomic E-state index is 14.1. The highest BCUT2D eigenvalue weighted by atomic mass is 32.2. The summed E-state index contributed by atoms with van der Waals surface area (Å²) in [5.41, 5.74) is 0.700. The molecule has 0 radical (unpaired) electrons. The van der Waals surface area contributed by atoms with Gasteiger partial charge in [-0.25, -0.2) is 19.2 Å². The van der Waals surface area contributed by atoms with Gasteiger partial charge >= 0.3 is 23.9 Å². The fourth-order valence-corrected chi connectivity index (χ4v) is 7.29. The van der Waals surface area contributed by atoms with Crippen LogP contribution in [-0.4, -0.2) is 70.7 Å². The van der Waals surface area contributed by atoms with E-state index in [-0.39, 0.29) is 22.3 Å². The third-order valence-electron chi connectivity index (χ3n) is 6.97. The second-order valence-corrected chi connectivity index (χ2v) is 13.5. The molecule has 0 aliphatic heterocycles. The van der Waals surface area contributed by atoms with Crippen LogP contribution in [0.25, 0.3) is 0 Å². The Morgan fingerprint density at radius 1 is 0.490 bits per heavy atom. The molecule has 0 aromatic heterocycles. The summed E-state index contributed by atoms with van der Waals surface area (Å²) in [7, 11) is 0. The predicted molar refractivity (Wildman–Crippen MR) is 189 cm³/mol. The lowest BCUT2D eigenvalue weighted by Crippen LogP contribution is -2.53. The van der Waals surface area contributed by atoms with Crippen LogP contribution in [0.15, 0.2) is 121 Å². The maximum Gasteiger partial charge on any atom is 0.338 e. The smallest absolute Gasteiger partial charge is 0.338 e. The van der Waals surface area contributed by atoms with Crippen molar-refractivity contribution in [3.05, 3.63) is 144 Å². The van der Waals surface area contributed by atoms with Crippen LogP contribution in [0.4, 0.5) is 0 Å². The monoisotopic (exact) mass is 700 g/mol. The number of carbonyl (C=O) groups is 5. The van der Waals surface area contributed by atoms with E-state index < -0.39 is 59.2 Å². The van der Waals surface area contributed by atoms with Gasteiger partial charge < -0.3 is 18.9 Å². The summed E-state index contributed by atoms with van der Waals surface area (Å²) in [6, 6.07) is 32.3. The van der Waals surface area contributed by atoms with Crippen molar-refractivity contribution in [2.45, 2.75) is 36.7 Å².